The minimum atomic E-state index is -0.624. The Morgan fingerprint density at radius 2 is 1.71 bits per heavy atom. The third-order valence-corrected chi connectivity index (χ3v) is 4.20. The van der Waals surface area contributed by atoms with Crippen LogP contribution in [0.4, 0.5) is 0 Å². The number of benzene rings is 2. The van der Waals surface area contributed by atoms with Crippen molar-refractivity contribution in [1.29, 1.82) is 0 Å². The molecule has 0 saturated heterocycles. The lowest BCUT2D eigenvalue weighted by Crippen LogP contribution is -2.02. The van der Waals surface area contributed by atoms with Crippen LogP contribution in [0.15, 0.2) is 40.9 Å². The molecular formula is C18H21BrO2. The molecule has 0 aliphatic heterocycles. The summed E-state index contributed by atoms with van der Waals surface area (Å²) >= 11 is 3.51. The summed E-state index contributed by atoms with van der Waals surface area (Å²) in [5.74, 6) is 0.813. The highest BCUT2D eigenvalue weighted by Gasteiger charge is 2.13. The Labute approximate surface area is 134 Å². The predicted octanol–water partition coefficient (Wildman–Crippen LogP) is 4.94. The van der Waals surface area contributed by atoms with E-state index >= 15 is 0 Å². The monoisotopic (exact) mass is 348 g/mol. The summed E-state index contributed by atoms with van der Waals surface area (Å²) in [6, 6.07) is 11.8. The van der Waals surface area contributed by atoms with Gasteiger partial charge < -0.3 is 9.84 Å². The summed E-state index contributed by atoms with van der Waals surface area (Å²) in [7, 11) is 0. The second-order valence-corrected chi connectivity index (χ2v) is 6.14. The fourth-order valence-electron chi connectivity index (χ4n) is 2.14. The first kappa shape index (κ1) is 16.1. The van der Waals surface area contributed by atoms with Gasteiger partial charge in [-0.3, -0.25) is 0 Å². The van der Waals surface area contributed by atoms with E-state index in [1.54, 1.807) is 0 Å². The zero-order valence-corrected chi connectivity index (χ0v) is 14.3. The number of ether oxygens (including phenoxy) is 1. The fourth-order valence-corrected chi connectivity index (χ4v) is 2.65. The van der Waals surface area contributed by atoms with Crippen molar-refractivity contribution in [1.82, 2.24) is 0 Å². The van der Waals surface area contributed by atoms with Crippen LogP contribution in [-0.4, -0.2) is 11.7 Å². The van der Waals surface area contributed by atoms with Crippen molar-refractivity contribution < 1.29 is 9.84 Å². The Balaban J connectivity index is 2.24. The standard InChI is InChI=1S/C18H21BrO2/c1-4-9-21-17-8-7-15(11-16(17)19)18(20)14-6-5-12(2)13(3)10-14/h5-8,10-11,18,20H,4,9H2,1-3H3. The molecule has 0 aliphatic rings. The van der Waals surface area contributed by atoms with Crippen LogP contribution in [0.25, 0.3) is 0 Å². The molecule has 0 aromatic heterocycles. The predicted molar refractivity (Wildman–Crippen MR) is 89.9 cm³/mol. The Bertz CT molecular complexity index is 623. The highest BCUT2D eigenvalue weighted by molar-refractivity contribution is 9.10. The van der Waals surface area contributed by atoms with E-state index < -0.39 is 6.10 Å². The molecule has 0 amide bonds. The maximum atomic E-state index is 10.5. The van der Waals surface area contributed by atoms with E-state index in [0.717, 1.165) is 27.8 Å². The van der Waals surface area contributed by atoms with Gasteiger partial charge in [0, 0.05) is 0 Å². The van der Waals surface area contributed by atoms with Crippen LogP contribution in [0, 0.1) is 13.8 Å². The van der Waals surface area contributed by atoms with Gasteiger partial charge in [-0.1, -0.05) is 31.2 Å². The molecule has 2 aromatic rings. The van der Waals surface area contributed by atoms with Gasteiger partial charge in [-0.15, -0.1) is 0 Å². The highest BCUT2D eigenvalue weighted by atomic mass is 79.9. The SMILES string of the molecule is CCCOc1ccc(C(O)c2ccc(C)c(C)c2)cc1Br. The van der Waals surface area contributed by atoms with Crippen LogP contribution in [0.5, 0.6) is 5.75 Å². The van der Waals surface area contributed by atoms with Crippen LogP contribution in [0.1, 0.15) is 41.7 Å². The van der Waals surface area contributed by atoms with Crippen molar-refractivity contribution in [3.63, 3.8) is 0 Å². The molecule has 0 fully saturated rings. The maximum absolute atomic E-state index is 10.5. The average Bonchev–Trinajstić information content (AvgIpc) is 2.48. The number of rotatable bonds is 5. The maximum Gasteiger partial charge on any atom is 0.133 e. The third kappa shape index (κ3) is 3.86. The molecule has 2 rings (SSSR count). The molecule has 1 atom stereocenters. The molecule has 3 heteroatoms. The summed E-state index contributed by atoms with van der Waals surface area (Å²) < 4.78 is 6.50. The van der Waals surface area contributed by atoms with Gasteiger partial charge in [0.1, 0.15) is 11.9 Å². The Morgan fingerprint density at radius 3 is 2.33 bits per heavy atom. The average molecular weight is 349 g/mol. The normalized spacial score (nSPS) is 12.2. The van der Waals surface area contributed by atoms with E-state index in [4.69, 9.17) is 4.74 Å². The Kier molecular flexibility index (Phi) is 5.43. The largest absolute Gasteiger partial charge is 0.492 e. The molecule has 1 unspecified atom stereocenters. The first-order valence-corrected chi connectivity index (χ1v) is 7.99. The number of halogens is 1. The van der Waals surface area contributed by atoms with Crippen LogP contribution in [0.2, 0.25) is 0 Å². The summed E-state index contributed by atoms with van der Waals surface area (Å²) in [6.07, 6.45) is 0.347. The van der Waals surface area contributed by atoms with Crippen LogP contribution < -0.4 is 4.74 Å². The molecule has 112 valence electrons. The van der Waals surface area contributed by atoms with E-state index in [9.17, 15) is 5.11 Å². The smallest absolute Gasteiger partial charge is 0.133 e. The number of aliphatic hydroxyl groups excluding tert-OH is 1. The number of aliphatic hydroxyl groups is 1. The van der Waals surface area contributed by atoms with Crippen LogP contribution >= 0.6 is 15.9 Å². The topological polar surface area (TPSA) is 29.5 Å². The number of hydrogen-bond donors (Lipinski definition) is 1. The van der Waals surface area contributed by atoms with Gasteiger partial charge >= 0.3 is 0 Å². The van der Waals surface area contributed by atoms with Gasteiger partial charge in [0.05, 0.1) is 11.1 Å². The van der Waals surface area contributed by atoms with Crippen molar-refractivity contribution in [3.05, 3.63) is 63.1 Å². The van der Waals surface area contributed by atoms with Crippen molar-refractivity contribution >= 4 is 15.9 Å². The summed E-state index contributed by atoms with van der Waals surface area (Å²) in [5, 5.41) is 10.5. The Hall–Kier alpha value is -1.32. The lowest BCUT2D eigenvalue weighted by Gasteiger charge is -2.15. The van der Waals surface area contributed by atoms with E-state index in [-0.39, 0.29) is 0 Å². The zero-order chi connectivity index (χ0) is 15.4. The van der Waals surface area contributed by atoms with Crippen molar-refractivity contribution in [3.8, 4) is 5.75 Å². The van der Waals surface area contributed by atoms with Gasteiger partial charge in [-0.2, -0.15) is 0 Å². The molecule has 0 bridgehead atoms. The van der Waals surface area contributed by atoms with E-state index in [0.29, 0.717) is 6.61 Å². The van der Waals surface area contributed by atoms with Gasteiger partial charge in [-0.25, -0.2) is 0 Å². The second kappa shape index (κ2) is 7.10. The molecule has 0 aliphatic carbocycles. The third-order valence-electron chi connectivity index (χ3n) is 3.58. The quantitative estimate of drug-likeness (QED) is 0.829. The summed E-state index contributed by atoms with van der Waals surface area (Å²) in [6.45, 7) is 6.90. The van der Waals surface area contributed by atoms with Crippen LogP contribution in [-0.2, 0) is 0 Å². The summed E-state index contributed by atoms with van der Waals surface area (Å²) in [5.41, 5.74) is 4.19. The van der Waals surface area contributed by atoms with Crippen LogP contribution in [0.3, 0.4) is 0 Å². The number of aryl methyl sites for hydroxylation is 2. The van der Waals surface area contributed by atoms with Crippen molar-refractivity contribution in [2.24, 2.45) is 0 Å². The highest BCUT2D eigenvalue weighted by Crippen LogP contribution is 2.31. The number of hydrogen-bond acceptors (Lipinski definition) is 2. The molecule has 1 N–H and O–H groups in total. The minimum Gasteiger partial charge on any atom is -0.492 e. The lowest BCUT2D eigenvalue weighted by atomic mass is 9.98. The lowest BCUT2D eigenvalue weighted by molar-refractivity contribution is 0.220. The molecule has 2 nitrogen and oxygen atoms in total. The summed E-state index contributed by atoms with van der Waals surface area (Å²) in [4.78, 5) is 0. The van der Waals surface area contributed by atoms with Gasteiger partial charge in [0.15, 0.2) is 0 Å². The second-order valence-electron chi connectivity index (χ2n) is 5.28. The zero-order valence-electron chi connectivity index (χ0n) is 12.7. The van der Waals surface area contributed by atoms with Crippen molar-refractivity contribution in [2.45, 2.75) is 33.3 Å². The van der Waals surface area contributed by atoms with Gasteiger partial charge in [0.2, 0.25) is 0 Å². The molecule has 21 heavy (non-hydrogen) atoms. The minimum absolute atomic E-state index is 0.624. The van der Waals surface area contributed by atoms with E-state index in [1.165, 1.54) is 11.1 Å². The first-order valence-electron chi connectivity index (χ1n) is 7.20. The van der Waals surface area contributed by atoms with E-state index in [2.05, 4.69) is 36.7 Å². The Morgan fingerprint density at radius 1 is 1.05 bits per heavy atom. The molecule has 0 saturated carbocycles. The fraction of sp³-hybridized carbons (Fsp3) is 0.333. The molecule has 0 heterocycles. The molecule has 2 aromatic carbocycles. The molecular weight excluding hydrogens is 328 g/mol. The van der Waals surface area contributed by atoms with Gasteiger partial charge in [0.25, 0.3) is 0 Å². The van der Waals surface area contributed by atoms with Crippen molar-refractivity contribution in [2.75, 3.05) is 6.61 Å². The van der Waals surface area contributed by atoms with Gasteiger partial charge in [-0.05, 0) is 70.6 Å². The first-order chi connectivity index (χ1) is 10.0. The van der Waals surface area contributed by atoms with E-state index in [1.807, 2.05) is 36.4 Å². The molecule has 0 spiro atoms. The molecule has 0 radical (unpaired) electrons.